The first-order valence-electron chi connectivity index (χ1n) is 5.58. The Balaban J connectivity index is 2.03. The zero-order valence-corrected chi connectivity index (χ0v) is 11.3. The van der Waals surface area contributed by atoms with Gasteiger partial charge >= 0.3 is 5.97 Å². The molecule has 0 unspecified atom stereocenters. The number of fused-ring (bicyclic) bond motifs is 1. The number of benzene rings is 1. The lowest BCUT2D eigenvalue weighted by Gasteiger charge is -1.95. The van der Waals surface area contributed by atoms with E-state index >= 15 is 0 Å². The zero-order valence-electron chi connectivity index (χ0n) is 9.68. The van der Waals surface area contributed by atoms with Gasteiger partial charge in [-0.05, 0) is 29.8 Å². The third-order valence-electron chi connectivity index (χ3n) is 2.71. The molecule has 0 aliphatic rings. The normalized spacial score (nSPS) is 11.0. The van der Waals surface area contributed by atoms with Crippen LogP contribution in [0.1, 0.15) is 5.56 Å². The Morgan fingerprint density at radius 1 is 1.37 bits per heavy atom. The number of carbonyl (C=O) groups is 1. The highest BCUT2D eigenvalue weighted by Gasteiger charge is 2.09. The molecule has 0 saturated carbocycles. The van der Waals surface area contributed by atoms with Gasteiger partial charge in [0, 0.05) is 0 Å². The number of carboxylic acids is 1. The van der Waals surface area contributed by atoms with Gasteiger partial charge in [-0.3, -0.25) is 4.79 Å². The quantitative estimate of drug-likeness (QED) is 0.775. The van der Waals surface area contributed by atoms with Crippen LogP contribution < -0.4 is 0 Å². The van der Waals surface area contributed by atoms with E-state index in [1.165, 1.54) is 11.3 Å². The maximum Gasteiger partial charge on any atom is 0.307 e. The number of hydrogen-bond donors (Lipinski definition) is 2. The van der Waals surface area contributed by atoms with Crippen LogP contribution in [0.2, 0.25) is 4.34 Å². The van der Waals surface area contributed by atoms with Crippen molar-refractivity contribution in [2.24, 2.45) is 0 Å². The minimum absolute atomic E-state index is 0.00905. The number of halogens is 1. The number of nitrogens with one attached hydrogen (secondary N) is 1. The second-order valence-electron chi connectivity index (χ2n) is 4.11. The highest BCUT2D eigenvalue weighted by atomic mass is 35.5. The SMILES string of the molecule is O=C(O)Cc1ccc2nc(-c3ccc(Cl)s3)[nH]c2c1. The summed E-state index contributed by atoms with van der Waals surface area (Å²) < 4.78 is 0.710. The number of imidazole rings is 1. The van der Waals surface area contributed by atoms with Crippen molar-refractivity contribution >= 4 is 39.9 Å². The third-order valence-corrected chi connectivity index (χ3v) is 3.95. The first kappa shape index (κ1) is 12.2. The van der Waals surface area contributed by atoms with Crippen LogP contribution in [0.3, 0.4) is 0 Å². The molecule has 0 atom stereocenters. The molecule has 0 aliphatic carbocycles. The Labute approximate surface area is 117 Å². The summed E-state index contributed by atoms with van der Waals surface area (Å²) in [6, 6.07) is 9.15. The van der Waals surface area contributed by atoms with Crippen molar-refractivity contribution in [2.75, 3.05) is 0 Å². The van der Waals surface area contributed by atoms with Crippen molar-refractivity contribution in [1.29, 1.82) is 0 Å². The highest BCUT2D eigenvalue weighted by molar-refractivity contribution is 7.19. The van der Waals surface area contributed by atoms with E-state index in [2.05, 4.69) is 9.97 Å². The molecule has 2 heterocycles. The molecule has 6 heteroatoms. The van der Waals surface area contributed by atoms with Gasteiger partial charge in [0.2, 0.25) is 0 Å². The van der Waals surface area contributed by atoms with Crippen LogP contribution in [0.4, 0.5) is 0 Å². The summed E-state index contributed by atoms with van der Waals surface area (Å²) in [5.41, 5.74) is 2.39. The molecule has 0 saturated heterocycles. The lowest BCUT2D eigenvalue weighted by molar-refractivity contribution is -0.136. The Kier molecular flexibility index (Phi) is 3.00. The summed E-state index contributed by atoms with van der Waals surface area (Å²) in [6.45, 7) is 0. The minimum atomic E-state index is -0.843. The van der Waals surface area contributed by atoms with Gasteiger partial charge in [-0.1, -0.05) is 17.7 Å². The Morgan fingerprint density at radius 2 is 2.21 bits per heavy atom. The number of aliphatic carboxylic acids is 1. The fourth-order valence-electron chi connectivity index (χ4n) is 1.90. The highest BCUT2D eigenvalue weighted by Crippen LogP contribution is 2.30. The lowest BCUT2D eigenvalue weighted by Crippen LogP contribution is -1.99. The molecule has 2 aromatic heterocycles. The van der Waals surface area contributed by atoms with Crippen LogP contribution in [-0.4, -0.2) is 21.0 Å². The molecular weight excluding hydrogens is 284 g/mol. The summed E-state index contributed by atoms with van der Waals surface area (Å²) in [5, 5.41) is 8.79. The van der Waals surface area contributed by atoms with Gasteiger partial charge in [-0.25, -0.2) is 4.98 Å². The summed E-state index contributed by atoms with van der Waals surface area (Å²) in [5.74, 6) is -0.0940. The molecule has 1 aromatic carbocycles. The fraction of sp³-hybridized carbons (Fsp3) is 0.0769. The first-order valence-corrected chi connectivity index (χ1v) is 6.77. The van der Waals surface area contributed by atoms with Gasteiger partial charge in [-0.15, -0.1) is 11.3 Å². The molecule has 0 bridgehead atoms. The van der Waals surface area contributed by atoms with Gasteiger partial charge in [-0.2, -0.15) is 0 Å². The van der Waals surface area contributed by atoms with Crippen LogP contribution in [0.15, 0.2) is 30.3 Å². The molecule has 2 N–H and O–H groups in total. The number of hydrogen-bond acceptors (Lipinski definition) is 3. The van der Waals surface area contributed by atoms with E-state index in [9.17, 15) is 4.79 Å². The fourth-order valence-corrected chi connectivity index (χ4v) is 2.89. The smallest absolute Gasteiger partial charge is 0.307 e. The molecule has 0 fully saturated rings. The summed E-state index contributed by atoms with van der Waals surface area (Å²) in [4.78, 5) is 19.3. The number of aromatic amines is 1. The van der Waals surface area contributed by atoms with E-state index in [1.807, 2.05) is 24.3 Å². The molecule has 96 valence electrons. The van der Waals surface area contributed by atoms with Crippen LogP contribution in [-0.2, 0) is 11.2 Å². The number of H-pyrrole nitrogens is 1. The maximum absolute atomic E-state index is 10.7. The van der Waals surface area contributed by atoms with E-state index in [0.29, 0.717) is 4.34 Å². The Morgan fingerprint density at radius 3 is 2.89 bits per heavy atom. The van der Waals surface area contributed by atoms with Crippen molar-refractivity contribution in [3.63, 3.8) is 0 Å². The van der Waals surface area contributed by atoms with Gasteiger partial charge in [0.15, 0.2) is 0 Å². The van der Waals surface area contributed by atoms with Crippen LogP contribution in [0.25, 0.3) is 21.7 Å². The van der Waals surface area contributed by atoms with E-state index in [-0.39, 0.29) is 6.42 Å². The minimum Gasteiger partial charge on any atom is -0.481 e. The zero-order chi connectivity index (χ0) is 13.4. The molecule has 3 aromatic rings. The largest absolute Gasteiger partial charge is 0.481 e. The maximum atomic E-state index is 10.7. The van der Waals surface area contributed by atoms with Crippen molar-refractivity contribution < 1.29 is 9.90 Å². The molecule has 3 rings (SSSR count). The summed E-state index contributed by atoms with van der Waals surface area (Å²) >= 11 is 7.35. The van der Waals surface area contributed by atoms with E-state index in [0.717, 1.165) is 27.3 Å². The van der Waals surface area contributed by atoms with Gasteiger partial charge in [0.1, 0.15) is 5.82 Å². The van der Waals surface area contributed by atoms with Crippen molar-refractivity contribution in [3.05, 3.63) is 40.2 Å². The number of rotatable bonds is 3. The molecular formula is C13H9ClN2O2S. The lowest BCUT2D eigenvalue weighted by atomic mass is 10.1. The van der Waals surface area contributed by atoms with E-state index < -0.39 is 5.97 Å². The average molecular weight is 293 g/mol. The van der Waals surface area contributed by atoms with Crippen molar-refractivity contribution in [1.82, 2.24) is 9.97 Å². The molecule has 0 aliphatic heterocycles. The van der Waals surface area contributed by atoms with Crippen molar-refractivity contribution in [2.45, 2.75) is 6.42 Å². The van der Waals surface area contributed by atoms with Crippen LogP contribution in [0, 0.1) is 0 Å². The van der Waals surface area contributed by atoms with Crippen LogP contribution >= 0.6 is 22.9 Å². The molecule has 19 heavy (non-hydrogen) atoms. The van der Waals surface area contributed by atoms with E-state index in [4.69, 9.17) is 16.7 Å². The predicted octanol–water partition coefficient (Wildman–Crippen LogP) is 3.57. The summed E-state index contributed by atoms with van der Waals surface area (Å²) in [7, 11) is 0. The second-order valence-corrected chi connectivity index (χ2v) is 5.83. The summed E-state index contributed by atoms with van der Waals surface area (Å²) in [6.07, 6.45) is 0.00905. The Hall–Kier alpha value is -1.85. The van der Waals surface area contributed by atoms with E-state index in [1.54, 1.807) is 6.07 Å². The number of carboxylic acid groups (broad SMARTS) is 1. The molecule has 0 spiro atoms. The monoisotopic (exact) mass is 292 g/mol. The Bertz CT molecular complexity index is 763. The second kappa shape index (κ2) is 4.68. The number of thiophene rings is 1. The van der Waals surface area contributed by atoms with Gasteiger partial charge in [0.05, 0.1) is 26.7 Å². The predicted molar refractivity (Wildman–Crippen MR) is 75.8 cm³/mol. The standard InChI is InChI=1S/C13H9ClN2O2S/c14-11-4-3-10(19-11)13-15-8-2-1-7(6-12(17)18)5-9(8)16-13/h1-5H,6H2,(H,15,16)(H,17,18). The molecule has 0 amide bonds. The van der Waals surface area contributed by atoms with Gasteiger partial charge in [0.25, 0.3) is 0 Å². The van der Waals surface area contributed by atoms with Crippen molar-refractivity contribution in [3.8, 4) is 10.7 Å². The number of nitrogens with zero attached hydrogens (tertiary/aromatic N) is 1. The topological polar surface area (TPSA) is 66.0 Å². The molecule has 0 radical (unpaired) electrons. The average Bonchev–Trinajstić information content (AvgIpc) is 2.93. The van der Waals surface area contributed by atoms with Crippen LogP contribution in [0.5, 0.6) is 0 Å². The molecule has 4 nitrogen and oxygen atoms in total. The number of aromatic nitrogens is 2. The third kappa shape index (κ3) is 2.47. The van der Waals surface area contributed by atoms with Gasteiger partial charge < -0.3 is 10.1 Å². The first-order chi connectivity index (χ1) is 9.11.